The van der Waals surface area contributed by atoms with Crippen LogP contribution in [0.15, 0.2) is 47.5 Å². The Morgan fingerprint density at radius 1 is 1.00 bits per heavy atom. The van der Waals surface area contributed by atoms with E-state index in [-0.39, 0.29) is 11.6 Å². The van der Waals surface area contributed by atoms with E-state index >= 15 is 0 Å². The van der Waals surface area contributed by atoms with Gasteiger partial charge in [0.15, 0.2) is 12.6 Å². The topological polar surface area (TPSA) is 48.9 Å². The van der Waals surface area contributed by atoms with Crippen molar-refractivity contribution in [2.24, 2.45) is 4.99 Å². The summed E-state index contributed by atoms with van der Waals surface area (Å²) in [6, 6.07) is 11.3. The molecule has 0 saturated heterocycles. The SMILES string of the molecule is CN=C(NCc1ccc(OCC(F)(F)F)cc1)NCc1ccc(N(C)C)c(F)c1. The molecule has 2 aromatic carbocycles. The first-order valence-corrected chi connectivity index (χ1v) is 8.86. The molecule has 0 unspecified atom stereocenters. The second-order valence-corrected chi connectivity index (χ2v) is 6.51. The molecule has 5 nitrogen and oxygen atoms in total. The zero-order valence-electron chi connectivity index (χ0n) is 16.5. The van der Waals surface area contributed by atoms with Crippen molar-refractivity contribution in [2.75, 3.05) is 32.6 Å². The van der Waals surface area contributed by atoms with Gasteiger partial charge in [-0.25, -0.2) is 4.39 Å². The minimum absolute atomic E-state index is 0.150. The number of hydrogen-bond acceptors (Lipinski definition) is 3. The summed E-state index contributed by atoms with van der Waals surface area (Å²) >= 11 is 0. The molecular formula is C20H24F4N4O. The first-order valence-electron chi connectivity index (χ1n) is 8.86. The van der Waals surface area contributed by atoms with Crippen LogP contribution in [0.4, 0.5) is 23.2 Å². The van der Waals surface area contributed by atoms with E-state index in [1.165, 1.54) is 18.2 Å². The Morgan fingerprint density at radius 3 is 2.10 bits per heavy atom. The first-order chi connectivity index (χ1) is 13.7. The van der Waals surface area contributed by atoms with E-state index in [0.717, 1.165) is 11.1 Å². The third-order valence-electron chi connectivity index (χ3n) is 3.96. The number of halogens is 4. The zero-order valence-corrected chi connectivity index (χ0v) is 16.5. The molecule has 2 N–H and O–H groups in total. The van der Waals surface area contributed by atoms with E-state index in [2.05, 4.69) is 20.4 Å². The highest BCUT2D eigenvalue weighted by atomic mass is 19.4. The van der Waals surface area contributed by atoms with Crippen molar-refractivity contribution in [3.05, 3.63) is 59.4 Å². The van der Waals surface area contributed by atoms with Gasteiger partial charge in [-0.15, -0.1) is 0 Å². The minimum atomic E-state index is -4.37. The average Bonchev–Trinajstić information content (AvgIpc) is 2.66. The normalized spacial score (nSPS) is 11.9. The lowest BCUT2D eigenvalue weighted by atomic mass is 10.2. The summed E-state index contributed by atoms with van der Waals surface area (Å²) < 4.78 is 55.2. The van der Waals surface area contributed by atoms with E-state index in [4.69, 9.17) is 0 Å². The summed E-state index contributed by atoms with van der Waals surface area (Å²) in [5.74, 6) is 0.362. The monoisotopic (exact) mass is 412 g/mol. The van der Waals surface area contributed by atoms with Crippen LogP contribution in [0, 0.1) is 5.82 Å². The molecule has 0 aliphatic carbocycles. The van der Waals surface area contributed by atoms with Gasteiger partial charge in [0.1, 0.15) is 11.6 Å². The predicted molar refractivity (Wildman–Crippen MR) is 106 cm³/mol. The summed E-state index contributed by atoms with van der Waals surface area (Å²) in [6.07, 6.45) is -4.37. The lowest BCUT2D eigenvalue weighted by molar-refractivity contribution is -0.153. The molecule has 0 saturated carbocycles. The lowest BCUT2D eigenvalue weighted by Crippen LogP contribution is -2.36. The van der Waals surface area contributed by atoms with Crippen LogP contribution in [0.25, 0.3) is 0 Å². The standard InChI is InChI=1S/C20H24F4N4O/c1-25-19(27-12-15-6-9-18(28(2)3)17(21)10-15)26-11-14-4-7-16(8-5-14)29-13-20(22,23)24/h4-10H,11-13H2,1-3H3,(H2,25,26,27). The Hall–Kier alpha value is -2.97. The molecule has 0 bridgehead atoms. The van der Waals surface area contributed by atoms with Crippen molar-refractivity contribution in [2.45, 2.75) is 19.3 Å². The number of nitrogens with one attached hydrogen (secondary N) is 2. The van der Waals surface area contributed by atoms with Crippen LogP contribution in [0.3, 0.4) is 0 Å². The maximum Gasteiger partial charge on any atom is 0.422 e. The van der Waals surface area contributed by atoms with E-state index in [0.29, 0.717) is 24.7 Å². The van der Waals surface area contributed by atoms with Crippen LogP contribution < -0.4 is 20.3 Å². The molecule has 2 aromatic rings. The van der Waals surface area contributed by atoms with Crippen LogP contribution in [0.5, 0.6) is 5.75 Å². The fourth-order valence-corrected chi connectivity index (χ4v) is 2.48. The minimum Gasteiger partial charge on any atom is -0.484 e. The van der Waals surface area contributed by atoms with Crippen LogP contribution in [0.2, 0.25) is 0 Å². The molecule has 2 rings (SSSR count). The second kappa shape index (κ2) is 9.99. The van der Waals surface area contributed by atoms with Crippen LogP contribution in [0.1, 0.15) is 11.1 Å². The molecule has 0 fully saturated rings. The van der Waals surface area contributed by atoms with E-state index < -0.39 is 12.8 Å². The zero-order chi connectivity index (χ0) is 21.4. The molecular weight excluding hydrogens is 388 g/mol. The fourth-order valence-electron chi connectivity index (χ4n) is 2.48. The number of benzene rings is 2. The molecule has 0 amide bonds. The molecule has 0 aromatic heterocycles. The maximum absolute atomic E-state index is 14.0. The Labute approximate surface area is 167 Å². The molecule has 9 heteroatoms. The van der Waals surface area contributed by atoms with Crippen molar-refractivity contribution in [1.29, 1.82) is 0 Å². The van der Waals surface area contributed by atoms with E-state index in [9.17, 15) is 17.6 Å². The number of nitrogens with zero attached hydrogens (tertiary/aromatic N) is 2. The van der Waals surface area contributed by atoms with Gasteiger partial charge in [-0.05, 0) is 35.4 Å². The van der Waals surface area contributed by atoms with Gasteiger partial charge in [-0.2, -0.15) is 13.2 Å². The van der Waals surface area contributed by atoms with Gasteiger partial charge in [0.25, 0.3) is 0 Å². The van der Waals surface area contributed by atoms with Crippen LogP contribution >= 0.6 is 0 Å². The van der Waals surface area contributed by atoms with Gasteiger partial charge in [-0.1, -0.05) is 18.2 Å². The first kappa shape index (κ1) is 22.3. The Kier molecular flexibility index (Phi) is 7.69. The molecule has 0 radical (unpaired) electrons. The Balaban J connectivity index is 1.84. The number of aliphatic imine (C=N–C) groups is 1. The predicted octanol–water partition coefficient (Wildman–Crippen LogP) is 3.70. The van der Waals surface area contributed by atoms with Gasteiger partial charge in [-0.3, -0.25) is 4.99 Å². The third kappa shape index (κ3) is 7.52. The number of guanidine groups is 1. The lowest BCUT2D eigenvalue weighted by Gasteiger charge is -2.15. The molecule has 158 valence electrons. The molecule has 0 aliphatic heterocycles. The molecule has 0 atom stereocenters. The molecule has 0 aliphatic rings. The Morgan fingerprint density at radius 2 is 1.59 bits per heavy atom. The van der Waals surface area contributed by atoms with Crippen molar-refractivity contribution in [3.63, 3.8) is 0 Å². The average molecular weight is 412 g/mol. The van der Waals surface area contributed by atoms with Crippen molar-refractivity contribution in [1.82, 2.24) is 10.6 Å². The highest BCUT2D eigenvalue weighted by molar-refractivity contribution is 5.79. The summed E-state index contributed by atoms with van der Waals surface area (Å²) in [6.45, 7) is -0.529. The molecule has 0 spiro atoms. The number of alkyl halides is 3. The third-order valence-corrected chi connectivity index (χ3v) is 3.96. The summed E-state index contributed by atoms with van der Waals surface area (Å²) in [7, 11) is 5.16. The van der Waals surface area contributed by atoms with Crippen molar-refractivity contribution >= 4 is 11.6 Å². The van der Waals surface area contributed by atoms with Gasteiger partial charge in [0.2, 0.25) is 0 Å². The quantitative estimate of drug-likeness (QED) is 0.414. The number of ether oxygens (including phenoxy) is 1. The van der Waals surface area contributed by atoms with Crippen LogP contribution in [-0.4, -0.2) is 39.9 Å². The smallest absolute Gasteiger partial charge is 0.422 e. The molecule has 29 heavy (non-hydrogen) atoms. The largest absolute Gasteiger partial charge is 0.484 e. The van der Waals surface area contributed by atoms with Crippen molar-refractivity contribution in [3.8, 4) is 5.75 Å². The summed E-state index contributed by atoms with van der Waals surface area (Å²) in [5, 5.41) is 6.18. The maximum atomic E-state index is 14.0. The fraction of sp³-hybridized carbons (Fsp3) is 0.350. The van der Waals surface area contributed by atoms with Gasteiger partial charge in [0, 0.05) is 34.2 Å². The summed E-state index contributed by atoms with van der Waals surface area (Å²) in [4.78, 5) is 5.80. The number of rotatable bonds is 7. The Bertz CT molecular complexity index is 820. The van der Waals surface area contributed by atoms with E-state index in [1.807, 2.05) is 6.07 Å². The second-order valence-electron chi connectivity index (χ2n) is 6.51. The van der Waals surface area contributed by atoms with E-state index in [1.54, 1.807) is 44.2 Å². The van der Waals surface area contributed by atoms with Gasteiger partial charge >= 0.3 is 6.18 Å². The van der Waals surface area contributed by atoms with Crippen LogP contribution in [-0.2, 0) is 13.1 Å². The highest BCUT2D eigenvalue weighted by Crippen LogP contribution is 2.19. The van der Waals surface area contributed by atoms with Gasteiger partial charge in [0.05, 0.1) is 5.69 Å². The highest BCUT2D eigenvalue weighted by Gasteiger charge is 2.28. The van der Waals surface area contributed by atoms with Gasteiger partial charge < -0.3 is 20.3 Å². The van der Waals surface area contributed by atoms with Crippen molar-refractivity contribution < 1.29 is 22.3 Å². The molecule has 0 heterocycles. The summed E-state index contributed by atoms with van der Waals surface area (Å²) in [5.41, 5.74) is 2.12. The number of hydrogen-bond donors (Lipinski definition) is 2. The number of anilines is 1.